The summed E-state index contributed by atoms with van der Waals surface area (Å²) in [5, 5.41) is 0.954. The summed E-state index contributed by atoms with van der Waals surface area (Å²) < 4.78 is 39.9. The molecule has 3 fully saturated rings. The van der Waals surface area contributed by atoms with Crippen molar-refractivity contribution in [1.29, 1.82) is 0 Å². The Morgan fingerprint density at radius 2 is 1.72 bits per heavy atom. The molecule has 1 aromatic carbocycles. The van der Waals surface area contributed by atoms with Crippen molar-refractivity contribution in [2.45, 2.75) is 157 Å². The van der Waals surface area contributed by atoms with Crippen LogP contribution in [0.1, 0.15) is 144 Å². The average Bonchev–Trinajstić information content (AvgIpc) is 3.79. The maximum Gasteiger partial charge on any atom is 0.475 e. The molecule has 3 saturated carbocycles. The maximum absolute atomic E-state index is 13.9. The Morgan fingerprint density at radius 1 is 0.934 bits per heavy atom. The quantitative estimate of drug-likeness (QED) is 0.0460. The van der Waals surface area contributed by atoms with E-state index in [4.69, 9.17) is 35.6 Å². The van der Waals surface area contributed by atoms with E-state index in [9.17, 15) is 4.57 Å². The molecule has 9 atom stereocenters. The van der Waals surface area contributed by atoms with Crippen LogP contribution < -0.4 is 5.73 Å². The Kier molecular flexibility index (Phi) is 15.4. The summed E-state index contributed by atoms with van der Waals surface area (Å²) in [5.74, 6) is 6.37. The number of imidazole rings is 1. The molecule has 61 heavy (non-hydrogen) atoms. The first-order valence-electron chi connectivity index (χ1n) is 24.1. The van der Waals surface area contributed by atoms with Crippen LogP contribution in [0.5, 0.6) is 0 Å². The second-order valence-corrected chi connectivity index (χ2v) is 21.7. The van der Waals surface area contributed by atoms with Gasteiger partial charge in [-0.25, -0.2) is 21.1 Å². The molecular formula is C50H76N5O5P. The van der Waals surface area contributed by atoms with Gasteiger partial charge in [0.15, 0.2) is 5.82 Å². The minimum absolute atomic E-state index is 0.0250. The van der Waals surface area contributed by atoms with E-state index >= 15 is 0 Å². The zero-order chi connectivity index (χ0) is 43.2. The Balaban J connectivity index is 0.889. The molecule has 10 nitrogen and oxygen atoms in total. The van der Waals surface area contributed by atoms with E-state index < -0.39 is 7.82 Å². The van der Waals surface area contributed by atoms with E-state index in [1.165, 1.54) is 57.8 Å². The molecule has 0 radical (unpaired) electrons. The number of benzene rings is 1. The van der Waals surface area contributed by atoms with Crippen LogP contribution in [0.4, 0.5) is 5.82 Å². The lowest BCUT2D eigenvalue weighted by atomic mass is 9.47. The summed E-state index contributed by atoms with van der Waals surface area (Å²) in [7, 11) is -3.92. The van der Waals surface area contributed by atoms with Gasteiger partial charge in [0.25, 0.3) is 0 Å². The number of phosphoric ester groups is 1. The number of aryl methyl sites for hydroxylation is 1. The Bertz CT molecular complexity index is 2060. The number of rotatable bonds is 22. The number of ether oxygens (including phenoxy) is 1. The highest BCUT2D eigenvalue weighted by Gasteiger charge is 2.59. The summed E-state index contributed by atoms with van der Waals surface area (Å²) in [6, 6.07) is 7.90. The lowest BCUT2D eigenvalue weighted by molar-refractivity contribution is -0.0642. The van der Waals surface area contributed by atoms with Crippen molar-refractivity contribution in [2.24, 2.45) is 46.3 Å². The van der Waals surface area contributed by atoms with Gasteiger partial charge in [-0.05, 0) is 123 Å². The molecule has 2 heterocycles. The maximum atomic E-state index is 13.9. The molecule has 2 N–H and O–H groups in total. The van der Waals surface area contributed by atoms with Gasteiger partial charge in [0.2, 0.25) is 6.54 Å². The molecule has 11 heteroatoms. The number of phosphoric acid groups is 1. The van der Waals surface area contributed by atoms with Gasteiger partial charge in [-0.15, -0.1) is 0 Å². The van der Waals surface area contributed by atoms with Gasteiger partial charge in [0, 0.05) is 25.0 Å². The van der Waals surface area contributed by atoms with Crippen molar-refractivity contribution in [3.8, 4) is 0 Å². The van der Waals surface area contributed by atoms with Crippen LogP contribution in [0, 0.1) is 52.9 Å². The van der Waals surface area contributed by atoms with Crippen molar-refractivity contribution in [2.75, 3.05) is 38.7 Å². The number of aromatic nitrogens is 3. The van der Waals surface area contributed by atoms with Crippen LogP contribution in [-0.2, 0) is 35.8 Å². The van der Waals surface area contributed by atoms with Gasteiger partial charge >= 0.3 is 7.82 Å². The van der Waals surface area contributed by atoms with Crippen molar-refractivity contribution in [1.82, 2.24) is 14.5 Å². The highest BCUT2D eigenvalue weighted by Crippen LogP contribution is 2.67. The zero-order valence-corrected chi connectivity index (χ0v) is 39.2. The number of para-hydroxylation sites is 1. The third-order valence-corrected chi connectivity index (χ3v) is 17.4. The summed E-state index contributed by atoms with van der Waals surface area (Å²) >= 11 is 0. The Morgan fingerprint density at radius 3 is 2.52 bits per heavy atom. The number of hydrogen-bond acceptors (Lipinski definition) is 8. The number of allylic oxidation sites excluding steroid dienone is 1. The standard InChI is InChI=1S/C50H76N5O5P/c1-8-9-19-45-54-46-47(40-17-10-11-18-44(40)53-48(46)51)55(45)29-33-60-61(56,59-32-28-52-7)58-31-13-12-30-57-38-24-26-49(5)37(34-38)20-21-39-42-23-22-41(36(4)16-14-15-35(2)3)50(42,6)27-25-43(39)49/h10-11,17-18,20,35-36,38-39,41-43H,8-9,12-16,19,21-34H2,1-6H3,(H2,51,53)/t36-,38+,39+,41-,42+,43+,49+,50-,61?/m1/s1. The largest absolute Gasteiger partial charge is 0.475 e. The molecule has 1 unspecified atom stereocenters. The number of hydrogen-bond donors (Lipinski definition) is 1. The van der Waals surface area contributed by atoms with Crippen molar-refractivity contribution in [3.05, 3.63) is 53.2 Å². The predicted molar refractivity (Wildman–Crippen MR) is 247 cm³/mol. The third kappa shape index (κ3) is 10.1. The molecule has 0 amide bonds. The normalized spacial score (nSPS) is 28.9. The first-order chi connectivity index (χ1) is 29.4. The van der Waals surface area contributed by atoms with E-state index in [1.807, 2.05) is 24.3 Å². The van der Waals surface area contributed by atoms with Crippen LogP contribution >= 0.6 is 7.82 Å². The van der Waals surface area contributed by atoms with E-state index in [0.29, 0.717) is 41.7 Å². The van der Waals surface area contributed by atoms with Crippen molar-refractivity contribution in [3.63, 3.8) is 0 Å². The van der Waals surface area contributed by atoms with Gasteiger partial charge < -0.3 is 19.9 Å². The number of unbranched alkanes of at least 4 members (excludes halogenated alkanes) is 2. The Labute approximate surface area is 366 Å². The molecular weight excluding hydrogens is 782 g/mol. The molecule has 0 saturated heterocycles. The first kappa shape index (κ1) is 46.2. The third-order valence-electron chi connectivity index (χ3n) is 15.9. The van der Waals surface area contributed by atoms with Gasteiger partial charge in [-0.3, -0.25) is 13.6 Å². The summed E-state index contributed by atoms with van der Waals surface area (Å²) in [5.41, 5.74) is 11.2. The second kappa shape index (κ2) is 20.4. The fourth-order valence-corrected chi connectivity index (χ4v) is 13.8. The van der Waals surface area contributed by atoms with E-state index in [-0.39, 0.29) is 32.5 Å². The second-order valence-electron chi connectivity index (χ2n) is 20.1. The van der Waals surface area contributed by atoms with Crippen LogP contribution in [0.3, 0.4) is 0 Å². The minimum Gasteiger partial charge on any atom is -0.382 e. The molecule has 2 aromatic heterocycles. The number of nitrogen functional groups attached to an aromatic ring is 1. The van der Waals surface area contributed by atoms with Crippen LogP contribution in [0.15, 0.2) is 35.9 Å². The molecule has 3 aromatic rings. The van der Waals surface area contributed by atoms with Crippen molar-refractivity contribution < 1.29 is 22.9 Å². The van der Waals surface area contributed by atoms with Crippen LogP contribution in [0.25, 0.3) is 26.8 Å². The monoisotopic (exact) mass is 858 g/mol. The average molecular weight is 858 g/mol. The number of anilines is 1. The van der Waals surface area contributed by atoms with Crippen LogP contribution in [-0.4, -0.2) is 53.6 Å². The van der Waals surface area contributed by atoms with Crippen LogP contribution in [0.2, 0.25) is 0 Å². The SMILES string of the molecule is [C-]#[N+]CCOP(=O)(OCCCCO[C@H]1CC[C@@]2(C)C(=CC[C@H]3[C@@H]4CC[C@H]([C@H](C)CCCC(C)C)[C@@]4(C)CC[C@@H]32)C1)OCCn1c(CCCC)nc2c(N)nc3ccccc3c21. The lowest BCUT2D eigenvalue weighted by Gasteiger charge is -2.58. The molecule has 0 spiro atoms. The molecule has 7 rings (SSSR count). The summed E-state index contributed by atoms with van der Waals surface area (Å²) in [4.78, 5) is 12.8. The van der Waals surface area contributed by atoms with Gasteiger partial charge in [0.05, 0.1) is 30.4 Å². The van der Waals surface area contributed by atoms with Gasteiger partial charge in [-0.2, -0.15) is 0 Å². The number of nitrogens with two attached hydrogens (primary N) is 1. The Hall–Kier alpha value is -2.80. The predicted octanol–water partition coefficient (Wildman–Crippen LogP) is 12.8. The zero-order valence-electron chi connectivity index (χ0n) is 38.3. The van der Waals surface area contributed by atoms with E-state index in [2.05, 4.69) is 62.0 Å². The summed E-state index contributed by atoms with van der Waals surface area (Å²) in [6.07, 6.45) is 21.7. The van der Waals surface area contributed by atoms with Gasteiger partial charge in [0.1, 0.15) is 17.9 Å². The van der Waals surface area contributed by atoms with E-state index in [0.717, 1.165) is 96.3 Å². The molecule has 0 aliphatic heterocycles. The molecule has 4 aliphatic rings. The molecule has 0 bridgehead atoms. The van der Waals surface area contributed by atoms with Gasteiger partial charge in [-0.1, -0.05) is 97.1 Å². The number of pyridine rings is 1. The highest BCUT2D eigenvalue weighted by molar-refractivity contribution is 7.48. The first-order valence-corrected chi connectivity index (χ1v) is 25.6. The highest BCUT2D eigenvalue weighted by atomic mass is 31.2. The lowest BCUT2D eigenvalue weighted by Crippen LogP contribution is -2.51. The molecule has 336 valence electrons. The van der Waals surface area contributed by atoms with E-state index in [1.54, 1.807) is 5.57 Å². The molecule has 4 aliphatic carbocycles. The minimum atomic E-state index is -3.92. The number of nitrogens with zero attached hydrogens (tertiary/aromatic N) is 4. The topological polar surface area (TPSA) is 115 Å². The van der Waals surface area contributed by atoms with Crippen molar-refractivity contribution >= 4 is 35.6 Å². The smallest absolute Gasteiger partial charge is 0.382 e. The number of fused-ring (bicyclic) bond motifs is 8. The fraction of sp³-hybridized carbons (Fsp3) is 0.740. The fourth-order valence-electron chi connectivity index (χ4n) is 12.7. The summed E-state index contributed by atoms with van der Waals surface area (Å²) in [6.45, 7) is 23.3.